The van der Waals surface area contributed by atoms with E-state index >= 15 is 0 Å². The summed E-state index contributed by atoms with van der Waals surface area (Å²) in [6.45, 7) is 5.60. The van der Waals surface area contributed by atoms with Crippen molar-refractivity contribution in [1.29, 1.82) is 0 Å². The molecule has 5 heteroatoms. The molecule has 1 aromatic rings. The Morgan fingerprint density at radius 2 is 2.24 bits per heavy atom. The van der Waals surface area contributed by atoms with Crippen LogP contribution in [0.4, 0.5) is 11.4 Å². The Hall–Kier alpha value is -1.75. The molecular formula is C12H18N2O3. The second-order valence-corrected chi connectivity index (χ2v) is 3.68. The van der Waals surface area contributed by atoms with Crippen molar-refractivity contribution in [1.82, 2.24) is 0 Å². The number of carboxylic acid groups (broad SMARTS) is 1. The van der Waals surface area contributed by atoms with Crippen molar-refractivity contribution in [2.75, 3.05) is 30.8 Å². The van der Waals surface area contributed by atoms with Crippen LogP contribution in [0, 0.1) is 6.92 Å². The van der Waals surface area contributed by atoms with Crippen molar-refractivity contribution >= 4 is 17.3 Å². The van der Waals surface area contributed by atoms with E-state index in [-0.39, 0.29) is 5.56 Å². The maximum atomic E-state index is 11.0. The molecule has 0 aliphatic heterocycles. The van der Waals surface area contributed by atoms with Crippen molar-refractivity contribution < 1.29 is 14.6 Å². The zero-order valence-electron chi connectivity index (χ0n) is 10.1. The first kappa shape index (κ1) is 13.3. The van der Waals surface area contributed by atoms with Gasteiger partial charge in [0.1, 0.15) is 0 Å². The average Bonchev–Trinajstić information content (AvgIpc) is 2.28. The van der Waals surface area contributed by atoms with Crippen LogP contribution in [0.1, 0.15) is 22.8 Å². The molecule has 94 valence electrons. The highest BCUT2D eigenvalue weighted by molar-refractivity contribution is 5.95. The lowest BCUT2D eigenvalue weighted by atomic mass is 10.1. The number of benzene rings is 1. The number of aryl methyl sites for hydroxylation is 1. The molecule has 0 aliphatic rings. The maximum Gasteiger partial charge on any atom is 0.337 e. The minimum atomic E-state index is -1.01. The summed E-state index contributed by atoms with van der Waals surface area (Å²) in [5.41, 5.74) is 7.63. The van der Waals surface area contributed by atoms with Crippen molar-refractivity contribution in [2.45, 2.75) is 13.8 Å². The Kier molecular flexibility index (Phi) is 4.78. The predicted octanol–water partition coefficient (Wildman–Crippen LogP) is 1.72. The fraction of sp³-hybridized carbons (Fsp3) is 0.417. The van der Waals surface area contributed by atoms with Gasteiger partial charge in [-0.3, -0.25) is 0 Å². The van der Waals surface area contributed by atoms with Gasteiger partial charge in [0.25, 0.3) is 0 Å². The van der Waals surface area contributed by atoms with Gasteiger partial charge in [-0.1, -0.05) is 0 Å². The average molecular weight is 238 g/mol. The molecule has 0 bridgehead atoms. The van der Waals surface area contributed by atoms with Crippen LogP contribution < -0.4 is 11.1 Å². The molecule has 4 N–H and O–H groups in total. The van der Waals surface area contributed by atoms with E-state index in [4.69, 9.17) is 15.6 Å². The van der Waals surface area contributed by atoms with E-state index in [0.717, 1.165) is 11.3 Å². The SMILES string of the molecule is CCOCCNc1cc(C)c(N)c(C(=O)O)c1. The molecule has 17 heavy (non-hydrogen) atoms. The Labute approximate surface area is 101 Å². The van der Waals surface area contributed by atoms with Crippen molar-refractivity contribution in [3.05, 3.63) is 23.3 Å². The Bertz CT molecular complexity index is 405. The van der Waals surface area contributed by atoms with Gasteiger partial charge in [0, 0.05) is 24.5 Å². The van der Waals surface area contributed by atoms with Gasteiger partial charge in [-0.2, -0.15) is 0 Å². The van der Waals surface area contributed by atoms with Crippen molar-refractivity contribution in [2.24, 2.45) is 0 Å². The Balaban J connectivity index is 2.77. The summed E-state index contributed by atoms with van der Waals surface area (Å²) in [6.07, 6.45) is 0. The number of nitrogen functional groups attached to an aromatic ring is 1. The lowest BCUT2D eigenvalue weighted by Crippen LogP contribution is -2.11. The van der Waals surface area contributed by atoms with Crippen LogP contribution >= 0.6 is 0 Å². The number of nitrogens with two attached hydrogens (primary N) is 1. The quantitative estimate of drug-likeness (QED) is 0.519. The maximum absolute atomic E-state index is 11.0. The van der Waals surface area contributed by atoms with E-state index < -0.39 is 5.97 Å². The van der Waals surface area contributed by atoms with E-state index in [0.29, 0.717) is 25.4 Å². The molecular weight excluding hydrogens is 220 g/mol. The normalized spacial score (nSPS) is 10.2. The predicted molar refractivity (Wildman–Crippen MR) is 67.5 cm³/mol. The molecule has 1 rings (SSSR count). The lowest BCUT2D eigenvalue weighted by Gasteiger charge is -2.11. The smallest absolute Gasteiger partial charge is 0.337 e. The third kappa shape index (κ3) is 3.64. The van der Waals surface area contributed by atoms with Gasteiger partial charge in [-0.25, -0.2) is 4.79 Å². The minimum absolute atomic E-state index is 0.129. The first-order chi connectivity index (χ1) is 8.06. The first-order valence-electron chi connectivity index (χ1n) is 5.51. The van der Waals surface area contributed by atoms with E-state index in [9.17, 15) is 4.79 Å². The van der Waals surface area contributed by atoms with Crippen LogP contribution in [0.2, 0.25) is 0 Å². The summed E-state index contributed by atoms with van der Waals surface area (Å²) >= 11 is 0. The standard InChI is InChI=1S/C12H18N2O3/c1-3-17-5-4-14-9-6-8(2)11(13)10(7-9)12(15)16/h6-7,14H,3-5,13H2,1-2H3,(H,15,16). The number of anilines is 2. The molecule has 0 saturated heterocycles. The number of nitrogens with one attached hydrogen (secondary N) is 1. The minimum Gasteiger partial charge on any atom is -0.478 e. The Morgan fingerprint density at radius 1 is 1.53 bits per heavy atom. The second kappa shape index (κ2) is 6.10. The third-order valence-corrected chi connectivity index (χ3v) is 2.40. The molecule has 1 aromatic carbocycles. The zero-order chi connectivity index (χ0) is 12.8. The molecule has 0 spiro atoms. The summed E-state index contributed by atoms with van der Waals surface area (Å²) in [7, 11) is 0. The first-order valence-corrected chi connectivity index (χ1v) is 5.51. The summed E-state index contributed by atoms with van der Waals surface area (Å²) < 4.78 is 5.18. The van der Waals surface area contributed by atoms with Gasteiger partial charge in [-0.05, 0) is 31.5 Å². The number of aromatic carboxylic acids is 1. The Morgan fingerprint density at radius 3 is 2.82 bits per heavy atom. The van der Waals surface area contributed by atoms with E-state index in [1.54, 1.807) is 6.92 Å². The molecule has 0 aromatic heterocycles. The molecule has 0 atom stereocenters. The second-order valence-electron chi connectivity index (χ2n) is 3.68. The van der Waals surface area contributed by atoms with Crippen LogP contribution in [-0.2, 0) is 4.74 Å². The molecule has 0 fully saturated rings. The zero-order valence-corrected chi connectivity index (χ0v) is 10.1. The summed E-state index contributed by atoms with van der Waals surface area (Å²) in [6, 6.07) is 3.37. The van der Waals surface area contributed by atoms with Crippen LogP contribution in [-0.4, -0.2) is 30.8 Å². The van der Waals surface area contributed by atoms with Crippen LogP contribution in [0.5, 0.6) is 0 Å². The highest BCUT2D eigenvalue weighted by Gasteiger charge is 2.11. The van der Waals surface area contributed by atoms with Gasteiger partial charge in [0.15, 0.2) is 0 Å². The number of hydrogen-bond acceptors (Lipinski definition) is 4. The molecule has 0 amide bonds. The summed E-state index contributed by atoms with van der Waals surface area (Å²) in [5, 5.41) is 12.1. The van der Waals surface area contributed by atoms with Gasteiger partial charge in [0.05, 0.1) is 12.2 Å². The van der Waals surface area contributed by atoms with Gasteiger partial charge in [0.2, 0.25) is 0 Å². The number of hydrogen-bond donors (Lipinski definition) is 3. The molecule has 0 heterocycles. The number of carboxylic acids is 1. The largest absolute Gasteiger partial charge is 0.478 e. The highest BCUT2D eigenvalue weighted by atomic mass is 16.5. The molecule has 0 aliphatic carbocycles. The number of rotatable bonds is 6. The fourth-order valence-corrected chi connectivity index (χ4v) is 1.49. The topological polar surface area (TPSA) is 84.6 Å². The van der Waals surface area contributed by atoms with Gasteiger partial charge in [-0.15, -0.1) is 0 Å². The number of carbonyl (C=O) groups is 1. The summed E-state index contributed by atoms with van der Waals surface area (Å²) in [4.78, 5) is 11.0. The van der Waals surface area contributed by atoms with Crippen molar-refractivity contribution in [3.63, 3.8) is 0 Å². The summed E-state index contributed by atoms with van der Waals surface area (Å²) in [5.74, 6) is -1.01. The highest BCUT2D eigenvalue weighted by Crippen LogP contribution is 2.22. The van der Waals surface area contributed by atoms with E-state index in [1.165, 1.54) is 6.07 Å². The molecule has 0 unspecified atom stereocenters. The molecule has 0 radical (unpaired) electrons. The van der Waals surface area contributed by atoms with Crippen LogP contribution in [0.25, 0.3) is 0 Å². The monoisotopic (exact) mass is 238 g/mol. The molecule has 5 nitrogen and oxygen atoms in total. The van der Waals surface area contributed by atoms with Gasteiger partial charge < -0.3 is 20.9 Å². The molecule has 0 saturated carbocycles. The fourth-order valence-electron chi connectivity index (χ4n) is 1.49. The lowest BCUT2D eigenvalue weighted by molar-refractivity contribution is 0.0698. The van der Waals surface area contributed by atoms with Crippen LogP contribution in [0.3, 0.4) is 0 Å². The van der Waals surface area contributed by atoms with E-state index in [2.05, 4.69) is 5.32 Å². The number of ether oxygens (including phenoxy) is 1. The van der Waals surface area contributed by atoms with E-state index in [1.807, 2.05) is 13.0 Å². The van der Waals surface area contributed by atoms with Gasteiger partial charge >= 0.3 is 5.97 Å². The van der Waals surface area contributed by atoms with Crippen molar-refractivity contribution in [3.8, 4) is 0 Å². The third-order valence-electron chi connectivity index (χ3n) is 2.40. The van der Waals surface area contributed by atoms with Crippen LogP contribution in [0.15, 0.2) is 12.1 Å².